The summed E-state index contributed by atoms with van der Waals surface area (Å²) in [5.41, 5.74) is 1.28. The number of hydrogen-bond donors (Lipinski definition) is 1. The van der Waals surface area contributed by atoms with E-state index in [2.05, 4.69) is 25.6 Å². The number of nitrogens with zero attached hydrogens (tertiary/aromatic N) is 6. The number of rotatable bonds is 11. The highest BCUT2D eigenvalue weighted by Crippen LogP contribution is 2.25. The van der Waals surface area contributed by atoms with Gasteiger partial charge in [0.2, 0.25) is 17.6 Å². The Hall–Kier alpha value is -3.90. The molecule has 0 spiro atoms. The van der Waals surface area contributed by atoms with E-state index in [1.54, 1.807) is 36.3 Å². The van der Waals surface area contributed by atoms with Crippen molar-refractivity contribution in [1.82, 2.24) is 35.3 Å². The summed E-state index contributed by atoms with van der Waals surface area (Å²) in [6.07, 6.45) is 5.07. The molecule has 5 rings (SSSR count). The molecular weight excluding hydrogens is 541 g/mol. The Labute approximate surface area is 245 Å². The van der Waals surface area contributed by atoms with Crippen molar-refractivity contribution in [2.24, 2.45) is 0 Å². The van der Waals surface area contributed by atoms with Crippen LogP contribution in [-0.4, -0.2) is 94.4 Å². The summed E-state index contributed by atoms with van der Waals surface area (Å²) in [6.45, 7) is 3.37. The average molecular weight is 580 g/mol. The predicted molar refractivity (Wildman–Crippen MR) is 153 cm³/mol. The molecule has 1 saturated heterocycles. The summed E-state index contributed by atoms with van der Waals surface area (Å²) in [6, 6.07) is 12.1. The van der Waals surface area contributed by atoms with Crippen molar-refractivity contribution in [1.29, 1.82) is 0 Å². The molecular formula is C30H38FN7O4. The lowest BCUT2D eigenvalue weighted by Gasteiger charge is -2.35. The zero-order chi connectivity index (χ0) is 29.3. The van der Waals surface area contributed by atoms with E-state index in [4.69, 9.17) is 9.47 Å². The Morgan fingerprint density at radius 3 is 2.48 bits per heavy atom. The molecule has 1 aliphatic carbocycles. The Balaban J connectivity index is 1.39. The molecule has 224 valence electrons. The zero-order valence-corrected chi connectivity index (χ0v) is 24.0. The van der Waals surface area contributed by atoms with Crippen LogP contribution < -0.4 is 10.1 Å². The summed E-state index contributed by atoms with van der Waals surface area (Å²) >= 11 is 0. The first-order valence-electron chi connectivity index (χ1n) is 14.6. The summed E-state index contributed by atoms with van der Waals surface area (Å²) in [5.74, 6) is 0.0599. The van der Waals surface area contributed by atoms with Crippen LogP contribution in [0.4, 0.5) is 4.39 Å². The lowest BCUT2D eigenvalue weighted by atomic mass is 9.94. The molecule has 1 atom stereocenters. The van der Waals surface area contributed by atoms with Gasteiger partial charge in [-0.05, 0) is 60.0 Å². The maximum absolute atomic E-state index is 14.0. The van der Waals surface area contributed by atoms with Crippen molar-refractivity contribution in [3.05, 3.63) is 59.9 Å². The van der Waals surface area contributed by atoms with E-state index in [0.29, 0.717) is 43.4 Å². The number of tetrazole rings is 1. The number of carbonyl (C=O) groups is 2. The molecule has 0 bridgehead atoms. The van der Waals surface area contributed by atoms with Crippen molar-refractivity contribution in [2.75, 3.05) is 46.5 Å². The molecule has 2 aromatic carbocycles. The molecule has 3 aromatic rings. The van der Waals surface area contributed by atoms with Gasteiger partial charge < -0.3 is 19.7 Å². The van der Waals surface area contributed by atoms with Gasteiger partial charge in [0.1, 0.15) is 24.2 Å². The number of hydrogen-bond acceptors (Lipinski definition) is 8. The first-order valence-corrected chi connectivity index (χ1v) is 14.6. The Kier molecular flexibility index (Phi) is 10.1. The van der Waals surface area contributed by atoms with Gasteiger partial charge >= 0.3 is 0 Å². The molecule has 2 fully saturated rings. The fourth-order valence-corrected chi connectivity index (χ4v) is 5.49. The minimum Gasteiger partial charge on any atom is -0.497 e. The standard InChI is InChI=1S/C30H38FN7O4/c1-41-26-13-9-23(10-14-26)29-33-35-38(34-29)21-27(39)37(16-15-36-17-19-42-20-18-36)28(22-7-11-24(31)12-8-22)30(40)32-25-5-3-2-4-6-25/h7-14,25,28H,2-6,15-21H2,1H3,(H,32,40)/t28-/m0/s1. The Morgan fingerprint density at radius 2 is 1.79 bits per heavy atom. The van der Waals surface area contributed by atoms with Crippen LogP contribution in [0.5, 0.6) is 5.75 Å². The van der Waals surface area contributed by atoms with E-state index in [9.17, 15) is 14.0 Å². The van der Waals surface area contributed by atoms with Gasteiger partial charge in [0.15, 0.2) is 0 Å². The van der Waals surface area contributed by atoms with Crippen molar-refractivity contribution in [3.8, 4) is 17.1 Å². The van der Waals surface area contributed by atoms with Gasteiger partial charge in [-0.15, -0.1) is 10.2 Å². The van der Waals surface area contributed by atoms with Gasteiger partial charge in [-0.3, -0.25) is 14.5 Å². The van der Waals surface area contributed by atoms with E-state index in [-0.39, 0.29) is 24.4 Å². The Morgan fingerprint density at radius 1 is 1.07 bits per heavy atom. The van der Waals surface area contributed by atoms with Crippen molar-refractivity contribution < 1.29 is 23.5 Å². The molecule has 12 heteroatoms. The van der Waals surface area contributed by atoms with Crippen LogP contribution in [0.15, 0.2) is 48.5 Å². The number of nitrogens with one attached hydrogen (secondary N) is 1. The van der Waals surface area contributed by atoms with Gasteiger partial charge in [0.05, 0.1) is 20.3 Å². The topological polar surface area (TPSA) is 115 Å². The minimum absolute atomic E-state index is 0.0504. The molecule has 0 unspecified atom stereocenters. The van der Waals surface area contributed by atoms with E-state index in [0.717, 1.165) is 50.8 Å². The number of ether oxygens (including phenoxy) is 2. The van der Waals surface area contributed by atoms with Crippen molar-refractivity contribution >= 4 is 11.8 Å². The normalized spacial score (nSPS) is 17.0. The summed E-state index contributed by atoms with van der Waals surface area (Å²) in [7, 11) is 1.59. The minimum atomic E-state index is -0.939. The fourth-order valence-electron chi connectivity index (χ4n) is 5.49. The van der Waals surface area contributed by atoms with Crippen LogP contribution in [-0.2, 0) is 20.9 Å². The molecule has 42 heavy (non-hydrogen) atoms. The third-order valence-electron chi connectivity index (χ3n) is 7.86. The summed E-state index contributed by atoms with van der Waals surface area (Å²) < 4.78 is 24.6. The van der Waals surface area contributed by atoms with Gasteiger partial charge in [0.25, 0.3) is 0 Å². The monoisotopic (exact) mass is 579 g/mol. The number of halogens is 1. The molecule has 2 amide bonds. The third kappa shape index (κ3) is 7.68. The van der Waals surface area contributed by atoms with Gasteiger partial charge in [0, 0.05) is 37.8 Å². The second-order valence-corrected chi connectivity index (χ2v) is 10.7. The second-order valence-electron chi connectivity index (χ2n) is 10.7. The highest BCUT2D eigenvalue weighted by atomic mass is 19.1. The third-order valence-corrected chi connectivity index (χ3v) is 7.86. The lowest BCUT2D eigenvalue weighted by molar-refractivity contribution is -0.142. The van der Waals surface area contributed by atoms with E-state index in [1.165, 1.54) is 16.9 Å². The smallest absolute Gasteiger partial charge is 0.247 e. The highest BCUT2D eigenvalue weighted by molar-refractivity contribution is 5.89. The number of morpholine rings is 1. The molecule has 1 saturated carbocycles. The van der Waals surface area contributed by atoms with Crippen molar-refractivity contribution in [2.45, 2.75) is 50.7 Å². The number of carbonyl (C=O) groups excluding carboxylic acids is 2. The van der Waals surface area contributed by atoms with Crippen LogP contribution in [0.3, 0.4) is 0 Å². The van der Waals surface area contributed by atoms with Gasteiger partial charge in [-0.1, -0.05) is 31.4 Å². The molecule has 1 aliphatic heterocycles. The highest BCUT2D eigenvalue weighted by Gasteiger charge is 2.33. The first-order chi connectivity index (χ1) is 20.5. The number of aromatic nitrogens is 4. The fraction of sp³-hybridized carbons (Fsp3) is 0.500. The van der Waals surface area contributed by atoms with Crippen molar-refractivity contribution in [3.63, 3.8) is 0 Å². The summed E-state index contributed by atoms with van der Waals surface area (Å²) in [4.78, 5) is 32.9. The maximum Gasteiger partial charge on any atom is 0.247 e. The molecule has 2 aliphatic rings. The van der Waals surface area contributed by atoms with Crippen LogP contribution in [0.2, 0.25) is 0 Å². The molecule has 1 N–H and O–H groups in total. The van der Waals surface area contributed by atoms with Crippen LogP contribution >= 0.6 is 0 Å². The van der Waals surface area contributed by atoms with Gasteiger partial charge in [-0.25, -0.2) is 4.39 Å². The molecule has 2 heterocycles. The van der Waals surface area contributed by atoms with E-state index in [1.807, 2.05) is 12.1 Å². The molecule has 0 radical (unpaired) electrons. The first kappa shape index (κ1) is 29.6. The van der Waals surface area contributed by atoms with E-state index < -0.39 is 11.9 Å². The van der Waals surface area contributed by atoms with Crippen LogP contribution in [0.1, 0.15) is 43.7 Å². The van der Waals surface area contributed by atoms with E-state index >= 15 is 0 Å². The predicted octanol–water partition coefficient (Wildman–Crippen LogP) is 2.84. The second kappa shape index (κ2) is 14.3. The lowest BCUT2D eigenvalue weighted by Crippen LogP contribution is -2.50. The molecule has 1 aromatic heterocycles. The van der Waals surface area contributed by atoms with Crippen LogP contribution in [0.25, 0.3) is 11.4 Å². The summed E-state index contributed by atoms with van der Waals surface area (Å²) in [5, 5.41) is 15.8. The largest absolute Gasteiger partial charge is 0.497 e. The quantitative estimate of drug-likeness (QED) is 0.369. The van der Waals surface area contributed by atoms with Crippen LogP contribution in [0, 0.1) is 5.82 Å². The van der Waals surface area contributed by atoms with Gasteiger partial charge in [-0.2, -0.15) is 4.80 Å². The average Bonchev–Trinajstić information content (AvgIpc) is 3.49. The SMILES string of the molecule is COc1ccc(-c2nnn(CC(=O)N(CCN3CCOCC3)[C@H](C(=O)NC3CCCCC3)c3ccc(F)cc3)n2)cc1. The molecule has 11 nitrogen and oxygen atoms in total. The zero-order valence-electron chi connectivity index (χ0n) is 24.0. The number of benzene rings is 2. The number of methoxy groups -OCH3 is 1. The maximum atomic E-state index is 14.0. The number of amides is 2. The Bertz CT molecular complexity index is 1310.